The van der Waals surface area contributed by atoms with Gasteiger partial charge in [-0.2, -0.15) is 5.10 Å². The number of aromatic nitrogens is 6. The molecule has 2 fully saturated rings. The van der Waals surface area contributed by atoms with Crippen LogP contribution in [0.5, 0.6) is 0 Å². The summed E-state index contributed by atoms with van der Waals surface area (Å²) in [5.74, 6) is 1.31. The average Bonchev–Trinajstić information content (AvgIpc) is 3.69. The molecular weight excluding hydrogens is 448 g/mol. The van der Waals surface area contributed by atoms with Gasteiger partial charge < -0.3 is 11.1 Å². The summed E-state index contributed by atoms with van der Waals surface area (Å²) in [6, 6.07) is 14.0. The van der Waals surface area contributed by atoms with E-state index in [1.807, 2.05) is 12.3 Å². The Morgan fingerprint density at radius 2 is 1.86 bits per heavy atom. The first-order valence-corrected chi connectivity index (χ1v) is 13.5. The maximum atomic E-state index is 6.19. The molecule has 4 aromatic rings. The van der Waals surface area contributed by atoms with Crippen molar-refractivity contribution < 1.29 is 0 Å². The number of fused-ring (bicyclic) bond motifs is 1. The second kappa shape index (κ2) is 10.4. The van der Waals surface area contributed by atoms with Crippen molar-refractivity contribution in [2.75, 3.05) is 12.3 Å². The number of rotatable bonds is 8. The van der Waals surface area contributed by atoms with Crippen LogP contribution in [0.2, 0.25) is 0 Å². The van der Waals surface area contributed by atoms with Crippen molar-refractivity contribution in [1.82, 2.24) is 35.5 Å². The lowest BCUT2D eigenvalue weighted by atomic mass is 9.81. The largest absolute Gasteiger partial charge is 0.384 e. The van der Waals surface area contributed by atoms with Crippen LogP contribution >= 0.6 is 0 Å². The summed E-state index contributed by atoms with van der Waals surface area (Å²) in [7, 11) is 0. The molecule has 2 aliphatic rings. The third-order valence-corrected chi connectivity index (χ3v) is 8.31. The number of H-pyrrole nitrogens is 1. The molecule has 0 bridgehead atoms. The van der Waals surface area contributed by atoms with E-state index in [2.05, 4.69) is 66.9 Å². The number of hydrogen-bond acceptors (Lipinski definition) is 6. The van der Waals surface area contributed by atoms with Crippen molar-refractivity contribution in [3.8, 4) is 0 Å². The Labute approximate surface area is 212 Å². The smallest absolute Gasteiger partial charge is 0.178 e. The molecule has 0 radical (unpaired) electrons. The molecule has 3 heterocycles. The molecule has 2 aliphatic carbocycles. The van der Waals surface area contributed by atoms with E-state index in [-0.39, 0.29) is 5.92 Å². The van der Waals surface area contributed by atoms with Crippen LogP contribution in [0.1, 0.15) is 92.4 Å². The van der Waals surface area contributed by atoms with E-state index in [0.717, 1.165) is 24.0 Å². The second-order valence-corrected chi connectivity index (χ2v) is 10.6. The number of nitrogens with one attached hydrogen (secondary N) is 2. The Hall–Kier alpha value is -3.26. The summed E-state index contributed by atoms with van der Waals surface area (Å²) >= 11 is 0. The number of nitrogens with zero attached hydrogens (tertiary/aromatic N) is 5. The van der Waals surface area contributed by atoms with Gasteiger partial charge in [0, 0.05) is 18.2 Å². The molecule has 1 unspecified atom stereocenters. The first-order chi connectivity index (χ1) is 17.7. The molecular formula is C28H36N8. The van der Waals surface area contributed by atoms with Gasteiger partial charge in [-0.3, -0.25) is 4.68 Å². The Balaban J connectivity index is 1.16. The molecule has 3 aromatic heterocycles. The van der Waals surface area contributed by atoms with Crippen molar-refractivity contribution >= 4 is 17.0 Å². The van der Waals surface area contributed by atoms with E-state index >= 15 is 0 Å². The van der Waals surface area contributed by atoms with Gasteiger partial charge in [0.15, 0.2) is 5.65 Å². The fourth-order valence-corrected chi connectivity index (χ4v) is 6.34. The quantitative estimate of drug-likeness (QED) is 0.321. The number of anilines is 1. The van der Waals surface area contributed by atoms with Gasteiger partial charge >= 0.3 is 0 Å². The van der Waals surface area contributed by atoms with Crippen LogP contribution < -0.4 is 11.1 Å². The predicted molar refractivity (Wildman–Crippen MR) is 142 cm³/mol. The molecule has 0 amide bonds. The zero-order valence-electron chi connectivity index (χ0n) is 20.8. The van der Waals surface area contributed by atoms with Crippen molar-refractivity contribution in [2.45, 2.75) is 81.7 Å². The number of benzene rings is 1. The number of hydrogen-bond donors (Lipinski definition) is 3. The van der Waals surface area contributed by atoms with Crippen LogP contribution in [0.25, 0.3) is 11.2 Å². The monoisotopic (exact) mass is 484 g/mol. The van der Waals surface area contributed by atoms with Gasteiger partial charge in [0.2, 0.25) is 0 Å². The normalized spacial score (nSPS) is 21.8. The SMILES string of the molecule is Nc1cc(C(CCNC2CCC(c3ccccc3)CC2)c2cnn(C3CCCC3)c2)c2nn[nH]c2n1. The van der Waals surface area contributed by atoms with E-state index in [1.54, 1.807) is 0 Å². The molecule has 6 rings (SSSR count). The summed E-state index contributed by atoms with van der Waals surface area (Å²) in [6.45, 7) is 0.932. The first kappa shape index (κ1) is 23.2. The van der Waals surface area contributed by atoms with Crippen molar-refractivity contribution in [3.63, 3.8) is 0 Å². The summed E-state index contributed by atoms with van der Waals surface area (Å²) in [6.07, 6.45) is 15.2. The lowest BCUT2D eigenvalue weighted by Gasteiger charge is -2.30. The van der Waals surface area contributed by atoms with E-state index in [9.17, 15) is 0 Å². The van der Waals surface area contributed by atoms with Gasteiger partial charge in [0.25, 0.3) is 0 Å². The van der Waals surface area contributed by atoms with Gasteiger partial charge in [-0.05, 0) is 80.2 Å². The van der Waals surface area contributed by atoms with Crippen LogP contribution in [0, 0.1) is 0 Å². The first-order valence-electron chi connectivity index (χ1n) is 13.5. The molecule has 0 saturated heterocycles. The molecule has 2 saturated carbocycles. The highest BCUT2D eigenvalue weighted by atomic mass is 15.3. The van der Waals surface area contributed by atoms with Gasteiger partial charge in [-0.15, -0.1) is 5.10 Å². The van der Waals surface area contributed by atoms with Crippen LogP contribution in [-0.2, 0) is 0 Å². The topological polar surface area (TPSA) is 110 Å². The fraction of sp³-hybridized carbons (Fsp3) is 0.500. The van der Waals surface area contributed by atoms with Crippen LogP contribution in [0.3, 0.4) is 0 Å². The third-order valence-electron chi connectivity index (χ3n) is 8.31. The third kappa shape index (κ3) is 4.87. The highest BCUT2D eigenvalue weighted by Gasteiger charge is 2.26. The van der Waals surface area contributed by atoms with E-state index in [1.165, 1.54) is 62.5 Å². The molecule has 8 nitrogen and oxygen atoms in total. The molecule has 36 heavy (non-hydrogen) atoms. The summed E-state index contributed by atoms with van der Waals surface area (Å²) in [5, 5.41) is 19.9. The highest BCUT2D eigenvalue weighted by molar-refractivity contribution is 5.77. The zero-order chi connectivity index (χ0) is 24.3. The Morgan fingerprint density at radius 3 is 2.67 bits per heavy atom. The van der Waals surface area contributed by atoms with Crippen molar-refractivity contribution in [1.29, 1.82) is 0 Å². The summed E-state index contributed by atoms with van der Waals surface area (Å²) in [5.41, 5.74) is 11.4. The summed E-state index contributed by atoms with van der Waals surface area (Å²) < 4.78 is 2.18. The number of nitrogens with two attached hydrogens (primary N) is 1. The minimum Gasteiger partial charge on any atom is -0.384 e. The molecule has 8 heteroatoms. The standard InChI is InChI=1S/C28H36N8/c29-26-16-25(27-28(32-26)34-35-33-27)24(21-17-31-36(18-21)23-8-4-5-9-23)14-15-30-22-12-10-20(11-13-22)19-6-2-1-3-7-19/h1-3,6-7,16-18,20,22-24,30H,4-5,8-15H2,(H3,29,32,33,34,35). The maximum absolute atomic E-state index is 6.19. The summed E-state index contributed by atoms with van der Waals surface area (Å²) in [4.78, 5) is 4.39. The van der Waals surface area contributed by atoms with Gasteiger partial charge in [-0.1, -0.05) is 48.4 Å². The van der Waals surface area contributed by atoms with Crippen LogP contribution in [-0.4, -0.2) is 42.8 Å². The number of nitrogen functional groups attached to an aromatic ring is 1. The highest BCUT2D eigenvalue weighted by Crippen LogP contribution is 2.36. The molecule has 188 valence electrons. The molecule has 4 N–H and O–H groups in total. The van der Waals surface area contributed by atoms with Gasteiger partial charge in [-0.25, -0.2) is 10.1 Å². The fourth-order valence-electron chi connectivity index (χ4n) is 6.34. The molecule has 1 atom stereocenters. The second-order valence-electron chi connectivity index (χ2n) is 10.6. The van der Waals surface area contributed by atoms with Gasteiger partial charge in [0.05, 0.1) is 12.2 Å². The molecule has 1 aromatic carbocycles. The van der Waals surface area contributed by atoms with Gasteiger partial charge in [0.1, 0.15) is 11.3 Å². The number of pyridine rings is 1. The van der Waals surface area contributed by atoms with Crippen molar-refractivity contribution in [3.05, 3.63) is 65.5 Å². The number of aromatic amines is 1. The van der Waals surface area contributed by atoms with E-state index < -0.39 is 0 Å². The molecule has 0 spiro atoms. The Bertz CT molecular complexity index is 1270. The predicted octanol–water partition coefficient (Wildman–Crippen LogP) is 5.08. The Kier molecular flexibility index (Phi) is 6.68. The lowest BCUT2D eigenvalue weighted by molar-refractivity contribution is 0.340. The molecule has 0 aliphatic heterocycles. The Morgan fingerprint density at radius 1 is 1.06 bits per heavy atom. The van der Waals surface area contributed by atoms with E-state index in [0.29, 0.717) is 29.5 Å². The average molecular weight is 485 g/mol. The lowest BCUT2D eigenvalue weighted by Crippen LogP contribution is -2.34. The minimum atomic E-state index is 0.131. The minimum absolute atomic E-state index is 0.131. The van der Waals surface area contributed by atoms with Crippen LogP contribution in [0.15, 0.2) is 48.8 Å². The van der Waals surface area contributed by atoms with Crippen LogP contribution in [0.4, 0.5) is 5.82 Å². The van der Waals surface area contributed by atoms with Crippen molar-refractivity contribution in [2.24, 2.45) is 0 Å². The maximum Gasteiger partial charge on any atom is 0.178 e. The van der Waals surface area contributed by atoms with E-state index in [4.69, 9.17) is 10.8 Å². The zero-order valence-corrected chi connectivity index (χ0v) is 20.8.